The maximum absolute atomic E-state index is 12.5. The average molecular weight is 267 g/mol. The monoisotopic (exact) mass is 267 g/mol. The molecular weight excluding hydrogens is 260 g/mol. The average Bonchev–Trinajstić information content (AvgIpc) is 2.25. The first-order valence-corrected chi connectivity index (χ1v) is 4.74. The van der Waals surface area contributed by atoms with Gasteiger partial charge in [0.1, 0.15) is 0 Å². The fraction of sp³-hybridized carbons (Fsp3) is 0.364. The van der Waals surface area contributed by atoms with E-state index < -0.39 is 29.4 Å². The molecule has 0 spiro atoms. The molecule has 1 aromatic carbocycles. The van der Waals surface area contributed by atoms with Gasteiger partial charge in [0, 0.05) is 0 Å². The van der Waals surface area contributed by atoms with Gasteiger partial charge in [0.25, 0.3) is 0 Å². The Labute approximate surface area is 98.6 Å². The summed E-state index contributed by atoms with van der Waals surface area (Å²) in [5.74, 6) is -1.05. The third-order valence-electron chi connectivity index (χ3n) is 2.30. The smallest absolute Gasteiger partial charge is 0.198 e. The van der Waals surface area contributed by atoms with Crippen molar-refractivity contribution < 1.29 is 26.3 Å². The van der Waals surface area contributed by atoms with Crippen molar-refractivity contribution in [3.63, 3.8) is 0 Å². The van der Waals surface area contributed by atoms with Crippen LogP contribution in [0.2, 0.25) is 0 Å². The zero-order valence-electron chi connectivity index (χ0n) is 9.02. The van der Waals surface area contributed by atoms with Crippen LogP contribution in [0.4, 0.5) is 26.3 Å². The van der Waals surface area contributed by atoms with Crippen LogP contribution in [0.5, 0.6) is 0 Å². The van der Waals surface area contributed by atoms with E-state index in [2.05, 4.69) is 0 Å². The van der Waals surface area contributed by atoms with Crippen LogP contribution < -0.4 is 0 Å². The second kappa shape index (κ2) is 4.52. The highest BCUT2D eigenvalue weighted by atomic mass is 19.4. The summed E-state index contributed by atoms with van der Waals surface area (Å²) in [4.78, 5) is 0. The van der Waals surface area contributed by atoms with Gasteiger partial charge in [-0.1, -0.05) is 0 Å². The molecule has 0 aromatic heterocycles. The van der Waals surface area contributed by atoms with Gasteiger partial charge in [0.2, 0.25) is 0 Å². The number of benzene rings is 1. The highest BCUT2D eigenvalue weighted by Crippen LogP contribution is 2.37. The molecule has 0 aliphatic heterocycles. The Balaban J connectivity index is 3.45. The van der Waals surface area contributed by atoms with Gasteiger partial charge < -0.3 is 0 Å². The van der Waals surface area contributed by atoms with Crippen molar-refractivity contribution in [3.8, 4) is 6.07 Å². The molecule has 0 radical (unpaired) electrons. The lowest BCUT2D eigenvalue weighted by molar-refractivity contribution is -0.143. The number of nitrogens with zero attached hydrogens (tertiary/aromatic N) is 1. The van der Waals surface area contributed by atoms with E-state index in [-0.39, 0.29) is 11.6 Å². The van der Waals surface area contributed by atoms with E-state index in [0.717, 1.165) is 0 Å². The van der Waals surface area contributed by atoms with Gasteiger partial charge in [-0.05, 0) is 30.7 Å². The number of alkyl halides is 6. The van der Waals surface area contributed by atoms with Crippen LogP contribution in [0.15, 0.2) is 18.2 Å². The van der Waals surface area contributed by atoms with Gasteiger partial charge in [0.05, 0.1) is 23.1 Å². The van der Waals surface area contributed by atoms with Crippen molar-refractivity contribution in [1.82, 2.24) is 0 Å². The van der Waals surface area contributed by atoms with E-state index in [1.807, 2.05) is 0 Å². The lowest BCUT2D eigenvalue weighted by Crippen LogP contribution is -2.12. The van der Waals surface area contributed by atoms with Gasteiger partial charge in [-0.3, -0.25) is 0 Å². The Kier molecular flexibility index (Phi) is 3.60. The van der Waals surface area contributed by atoms with Crippen LogP contribution in [0, 0.1) is 11.3 Å². The first-order valence-electron chi connectivity index (χ1n) is 4.74. The van der Waals surface area contributed by atoms with Crippen LogP contribution in [-0.4, -0.2) is 0 Å². The third kappa shape index (κ3) is 3.15. The van der Waals surface area contributed by atoms with Crippen LogP contribution in [-0.2, 0) is 12.4 Å². The first-order chi connectivity index (χ1) is 8.05. The molecule has 0 aliphatic rings. The Hall–Kier alpha value is -1.71. The SMILES string of the molecule is CC(C#N)c1cc(C(F)(F)F)cc(C(F)(F)F)c1. The Morgan fingerprint density at radius 2 is 1.33 bits per heavy atom. The summed E-state index contributed by atoms with van der Waals surface area (Å²) in [6.45, 7) is 1.23. The molecule has 0 N–H and O–H groups in total. The van der Waals surface area contributed by atoms with E-state index in [9.17, 15) is 26.3 Å². The second-order valence-corrected chi connectivity index (χ2v) is 3.69. The van der Waals surface area contributed by atoms with Crippen LogP contribution in [0.3, 0.4) is 0 Å². The molecule has 7 heteroatoms. The molecule has 0 fully saturated rings. The van der Waals surface area contributed by atoms with Crippen molar-refractivity contribution in [1.29, 1.82) is 5.26 Å². The van der Waals surface area contributed by atoms with E-state index in [1.165, 1.54) is 6.92 Å². The van der Waals surface area contributed by atoms with Crippen LogP contribution in [0.1, 0.15) is 29.5 Å². The normalized spacial score (nSPS) is 14.1. The summed E-state index contributed by atoms with van der Waals surface area (Å²) < 4.78 is 74.7. The largest absolute Gasteiger partial charge is 0.416 e. The number of nitriles is 1. The number of rotatable bonds is 1. The van der Waals surface area contributed by atoms with Crippen LogP contribution in [0.25, 0.3) is 0 Å². The molecule has 1 atom stereocenters. The molecule has 0 heterocycles. The molecule has 1 rings (SSSR count). The molecule has 0 amide bonds. The third-order valence-corrected chi connectivity index (χ3v) is 2.30. The Bertz CT molecular complexity index is 448. The molecule has 1 unspecified atom stereocenters. The maximum atomic E-state index is 12.5. The zero-order valence-corrected chi connectivity index (χ0v) is 9.02. The number of halogens is 6. The minimum Gasteiger partial charge on any atom is -0.198 e. The lowest BCUT2D eigenvalue weighted by atomic mass is 9.97. The summed E-state index contributed by atoms with van der Waals surface area (Å²) in [5.41, 5.74) is -3.12. The van der Waals surface area contributed by atoms with E-state index in [0.29, 0.717) is 12.1 Å². The molecule has 0 saturated heterocycles. The van der Waals surface area contributed by atoms with Crippen molar-refractivity contribution >= 4 is 0 Å². The van der Waals surface area contributed by atoms with E-state index >= 15 is 0 Å². The maximum Gasteiger partial charge on any atom is 0.416 e. The highest BCUT2D eigenvalue weighted by molar-refractivity contribution is 5.37. The molecule has 98 valence electrons. The summed E-state index contributed by atoms with van der Waals surface area (Å²) in [7, 11) is 0. The van der Waals surface area contributed by atoms with Gasteiger partial charge in [-0.15, -0.1) is 0 Å². The second-order valence-electron chi connectivity index (χ2n) is 3.69. The molecule has 0 aliphatic carbocycles. The number of hydrogen-bond acceptors (Lipinski definition) is 1. The predicted molar refractivity (Wildman–Crippen MR) is 50.5 cm³/mol. The molecule has 0 bridgehead atoms. The molecular formula is C11H7F6N. The minimum absolute atomic E-state index is 0.0353. The van der Waals surface area contributed by atoms with Crippen LogP contribution >= 0.6 is 0 Å². The molecule has 18 heavy (non-hydrogen) atoms. The Morgan fingerprint density at radius 1 is 0.944 bits per heavy atom. The fourth-order valence-electron chi connectivity index (χ4n) is 1.30. The summed E-state index contributed by atoms with van der Waals surface area (Å²) in [6.07, 6.45) is -9.77. The lowest BCUT2D eigenvalue weighted by Gasteiger charge is -2.14. The molecule has 1 aromatic rings. The van der Waals surface area contributed by atoms with Crippen molar-refractivity contribution in [2.45, 2.75) is 25.2 Å². The van der Waals surface area contributed by atoms with Gasteiger partial charge in [-0.25, -0.2) is 0 Å². The van der Waals surface area contributed by atoms with Crippen molar-refractivity contribution in [2.75, 3.05) is 0 Å². The van der Waals surface area contributed by atoms with Crippen molar-refractivity contribution in [3.05, 3.63) is 34.9 Å². The summed E-state index contributed by atoms with van der Waals surface area (Å²) >= 11 is 0. The topological polar surface area (TPSA) is 23.8 Å². The summed E-state index contributed by atoms with van der Waals surface area (Å²) in [6, 6.07) is 2.76. The van der Waals surface area contributed by atoms with Gasteiger partial charge in [0.15, 0.2) is 0 Å². The summed E-state index contributed by atoms with van der Waals surface area (Å²) in [5, 5.41) is 8.56. The standard InChI is InChI=1S/C11H7F6N/c1-6(5-18)7-2-8(10(12,13)14)4-9(3-7)11(15,16)17/h2-4,6H,1H3. The number of hydrogen-bond donors (Lipinski definition) is 0. The van der Waals surface area contributed by atoms with E-state index in [4.69, 9.17) is 5.26 Å². The predicted octanol–water partition coefficient (Wildman–Crippen LogP) is 4.35. The van der Waals surface area contributed by atoms with Crippen molar-refractivity contribution in [2.24, 2.45) is 0 Å². The van der Waals surface area contributed by atoms with Gasteiger partial charge in [-0.2, -0.15) is 31.6 Å². The minimum atomic E-state index is -4.88. The zero-order chi connectivity index (χ0) is 14.1. The first kappa shape index (κ1) is 14.4. The van der Waals surface area contributed by atoms with Gasteiger partial charge >= 0.3 is 12.4 Å². The molecule has 0 saturated carbocycles. The highest BCUT2D eigenvalue weighted by Gasteiger charge is 2.37. The quantitative estimate of drug-likeness (QED) is 0.694. The molecule has 1 nitrogen and oxygen atoms in total. The fourth-order valence-corrected chi connectivity index (χ4v) is 1.30. The van der Waals surface area contributed by atoms with E-state index in [1.54, 1.807) is 6.07 Å². The Morgan fingerprint density at radius 3 is 1.61 bits per heavy atom.